The summed E-state index contributed by atoms with van der Waals surface area (Å²) in [6, 6.07) is 4.61. The topological polar surface area (TPSA) is 39.6 Å². The number of rotatable bonds is 4. The summed E-state index contributed by atoms with van der Waals surface area (Å²) in [6.07, 6.45) is 2.16. The summed E-state index contributed by atoms with van der Waals surface area (Å²) >= 11 is 0. The van der Waals surface area contributed by atoms with Gasteiger partial charge in [-0.15, -0.1) is 0 Å². The van der Waals surface area contributed by atoms with E-state index in [4.69, 9.17) is 0 Å². The first kappa shape index (κ1) is 14.3. The van der Waals surface area contributed by atoms with Crippen molar-refractivity contribution in [3.63, 3.8) is 0 Å². The van der Waals surface area contributed by atoms with Crippen LogP contribution in [-0.2, 0) is 0 Å². The van der Waals surface area contributed by atoms with Crippen molar-refractivity contribution >= 4 is 5.69 Å². The summed E-state index contributed by atoms with van der Waals surface area (Å²) in [4.78, 5) is 9.26. The summed E-state index contributed by atoms with van der Waals surface area (Å²) in [5.41, 5.74) is 1.93. The van der Waals surface area contributed by atoms with E-state index in [2.05, 4.69) is 34.7 Å². The second-order valence-corrected chi connectivity index (χ2v) is 5.29. The number of piperazine rings is 1. The number of anilines is 1. The lowest BCUT2D eigenvalue weighted by Crippen LogP contribution is -2.51. The van der Waals surface area contributed by atoms with E-state index in [0.29, 0.717) is 12.5 Å². The average Bonchev–Trinajstić information content (AvgIpc) is 2.46. The van der Waals surface area contributed by atoms with Crippen LogP contribution in [0.25, 0.3) is 0 Å². The fraction of sp³-hybridized carbons (Fsp3) is 0.667. The van der Waals surface area contributed by atoms with Crippen LogP contribution in [0, 0.1) is 0 Å². The molecule has 1 aromatic heterocycles. The van der Waals surface area contributed by atoms with E-state index in [0.717, 1.165) is 37.6 Å². The van der Waals surface area contributed by atoms with Crippen molar-refractivity contribution in [2.45, 2.75) is 39.3 Å². The van der Waals surface area contributed by atoms with Gasteiger partial charge in [-0.25, -0.2) is 0 Å². The van der Waals surface area contributed by atoms with Crippen LogP contribution >= 0.6 is 0 Å². The molecule has 106 valence electrons. The third kappa shape index (κ3) is 3.25. The van der Waals surface area contributed by atoms with E-state index in [1.165, 1.54) is 0 Å². The first-order valence-electron chi connectivity index (χ1n) is 7.28. The minimum absolute atomic E-state index is 0.440. The van der Waals surface area contributed by atoms with Crippen molar-refractivity contribution in [2.75, 3.05) is 31.1 Å². The van der Waals surface area contributed by atoms with E-state index in [1.54, 1.807) is 0 Å². The first-order chi connectivity index (χ1) is 9.15. The van der Waals surface area contributed by atoms with Crippen molar-refractivity contribution in [3.05, 3.63) is 24.0 Å². The fourth-order valence-electron chi connectivity index (χ4n) is 2.69. The van der Waals surface area contributed by atoms with Gasteiger partial charge in [-0.05, 0) is 32.0 Å². The predicted molar refractivity (Wildman–Crippen MR) is 78.4 cm³/mol. The van der Waals surface area contributed by atoms with Gasteiger partial charge in [-0.3, -0.25) is 9.88 Å². The Morgan fingerprint density at radius 1 is 1.37 bits per heavy atom. The van der Waals surface area contributed by atoms with Crippen LogP contribution in [0.2, 0.25) is 0 Å². The van der Waals surface area contributed by atoms with Gasteiger partial charge in [0.05, 0.1) is 23.7 Å². The molecule has 2 unspecified atom stereocenters. The van der Waals surface area contributed by atoms with Crippen LogP contribution in [0.5, 0.6) is 0 Å². The van der Waals surface area contributed by atoms with Gasteiger partial charge in [-0.2, -0.15) is 0 Å². The molecule has 0 saturated carbocycles. The normalized spacial score (nSPS) is 22.5. The number of likely N-dealkylation sites (N-methyl/N-ethyl adjacent to an activating group) is 1. The SMILES string of the molecule is CCC(O)c1ccc(N2CCN(CC)C(C)C2)cn1. The maximum absolute atomic E-state index is 9.76. The summed E-state index contributed by atoms with van der Waals surface area (Å²) in [5, 5.41) is 9.76. The minimum Gasteiger partial charge on any atom is -0.387 e. The molecule has 1 aromatic rings. The Kier molecular flexibility index (Phi) is 4.77. The summed E-state index contributed by atoms with van der Waals surface area (Å²) in [6.45, 7) is 10.8. The second kappa shape index (κ2) is 6.35. The lowest BCUT2D eigenvalue weighted by Gasteiger charge is -2.40. The standard InChI is InChI=1S/C15H25N3O/c1-4-15(19)14-7-6-13(10-16-14)18-9-8-17(5-2)12(3)11-18/h6-7,10,12,15,19H,4-5,8-9,11H2,1-3H3. The zero-order valence-corrected chi connectivity index (χ0v) is 12.2. The highest BCUT2D eigenvalue weighted by molar-refractivity contribution is 5.45. The van der Waals surface area contributed by atoms with Gasteiger partial charge in [0.15, 0.2) is 0 Å². The van der Waals surface area contributed by atoms with Crippen molar-refractivity contribution in [2.24, 2.45) is 0 Å². The number of hydrogen-bond acceptors (Lipinski definition) is 4. The molecular formula is C15H25N3O. The molecule has 0 aliphatic carbocycles. The van der Waals surface area contributed by atoms with Crippen molar-refractivity contribution < 1.29 is 5.11 Å². The molecule has 1 saturated heterocycles. The molecule has 0 aromatic carbocycles. The fourth-order valence-corrected chi connectivity index (χ4v) is 2.69. The highest BCUT2D eigenvalue weighted by atomic mass is 16.3. The van der Waals surface area contributed by atoms with E-state index in [9.17, 15) is 5.11 Å². The van der Waals surface area contributed by atoms with E-state index >= 15 is 0 Å². The smallest absolute Gasteiger partial charge is 0.0957 e. The second-order valence-electron chi connectivity index (χ2n) is 5.29. The molecule has 2 heterocycles. The van der Waals surface area contributed by atoms with Crippen molar-refractivity contribution in [3.8, 4) is 0 Å². The molecule has 0 spiro atoms. The van der Waals surface area contributed by atoms with Crippen LogP contribution < -0.4 is 4.90 Å². The summed E-state index contributed by atoms with van der Waals surface area (Å²) < 4.78 is 0. The summed E-state index contributed by atoms with van der Waals surface area (Å²) in [5.74, 6) is 0. The molecule has 1 N–H and O–H groups in total. The van der Waals surface area contributed by atoms with Crippen LogP contribution in [0.4, 0.5) is 5.69 Å². The summed E-state index contributed by atoms with van der Waals surface area (Å²) in [7, 11) is 0. The molecule has 4 nitrogen and oxygen atoms in total. The van der Waals surface area contributed by atoms with Crippen molar-refractivity contribution in [1.29, 1.82) is 0 Å². The van der Waals surface area contributed by atoms with Crippen molar-refractivity contribution in [1.82, 2.24) is 9.88 Å². The molecule has 0 amide bonds. The molecule has 1 fully saturated rings. The number of aliphatic hydroxyl groups is 1. The maximum atomic E-state index is 9.76. The third-order valence-corrected chi connectivity index (χ3v) is 4.04. The minimum atomic E-state index is -0.440. The molecule has 0 bridgehead atoms. The van der Waals surface area contributed by atoms with Crippen LogP contribution in [-0.4, -0.2) is 47.2 Å². The largest absolute Gasteiger partial charge is 0.387 e. The zero-order valence-electron chi connectivity index (χ0n) is 12.2. The number of aromatic nitrogens is 1. The molecule has 0 radical (unpaired) electrons. The van der Waals surface area contributed by atoms with Crippen LogP contribution in [0.15, 0.2) is 18.3 Å². The van der Waals surface area contributed by atoms with Gasteiger partial charge < -0.3 is 10.0 Å². The van der Waals surface area contributed by atoms with E-state index in [1.807, 2.05) is 19.2 Å². The van der Waals surface area contributed by atoms with E-state index in [-0.39, 0.29) is 0 Å². The highest BCUT2D eigenvalue weighted by Gasteiger charge is 2.22. The van der Waals surface area contributed by atoms with Gasteiger partial charge >= 0.3 is 0 Å². The average molecular weight is 263 g/mol. The molecular weight excluding hydrogens is 238 g/mol. The van der Waals surface area contributed by atoms with Crippen LogP contribution in [0.1, 0.15) is 39.0 Å². The Labute approximate surface area is 116 Å². The molecule has 19 heavy (non-hydrogen) atoms. The van der Waals surface area contributed by atoms with E-state index < -0.39 is 6.10 Å². The maximum Gasteiger partial charge on any atom is 0.0957 e. The Morgan fingerprint density at radius 2 is 2.16 bits per heavy atom. The Morgan fingerprint density at radius 3 is 2.68 bits per heavy atom. The van der Waals surface area contributed by atoms with Gasteiger partial charge in [0.2, 0.25) is 0 Å². The van der Waals surface area contributed by atoms with Gasteiger partial charge in [-0.1, -0.05) is 13.8 Å². The molecule has 2 atom stereocenters. The number of hydrogen-bond donors (Lipinski definition) is 1. The molecule has 1 aliphatic heterocycles. The van der Waals surface area contributed by atoms with Crippen LogP contribution in [0.3, 0.4) is 0 Å². The number of nitrogens with zero attached hydrogens (tertiary/aromatic N) is 3. The number of aliphatic hydroxyl groups excluding tert-OH is 1. The van der Waals surface area contributed by atoms with Gasteiger partial charge in [0, 0.05) is 25.7 Å². The lowest BCUT2D eigenvalue weighted by molar-refractivity contribution is 0.169. The predicted octanol–water partition coefficient (Wildman–Crippen LogP) is 2.06. The monoisotopic (exact) mass is 263 g/mol. The Hall–Kier alpha value is -1.13. The third-order valence-electron chi connectivity index (χ3n) is 4.04. The first-order valence-corrected chi connectivity index (χ1v) is 7.28. The number of pyridine rings is 1. The van der Waals surface area contributed by atoms with Gasteiger partial charge in [0.25, 0.3) is 0 Å². The quantitative estimate of drug-likeness (QED) is 0.902. The highest BCUT2D eigenvalue weighted by Crippen LogP contribution is 2.21. The lowest BCUT2D eigenvalue weighted by atomic mass is 10.1. The molecule has 4 heteroatoms. The zero-order chi connectivity index (χ0) is 13.8. The Bertz CT molecular complexity index is 393. The Balaban J connectivity index is 2.03. The molecule has 1 aliphatic rings. The van der Waals surface area contributed by atoms with Gasteiger partial charge in [0.1, 0.15) is 0 Å². The molecule has 2 rings (SSSR count).